The molecule has 4 bridgehead atoms. The zero-order chi connectivity index (χ0) is 21.0. The minimum atomic E-state index is -0.319. The number of fused-ring (bicyclic) bond motifs is 1. The topological polar surface area (TPSA) is 51.0 Å². The van der Waals surface area contributed by atoms with Crippen LogP contribution in [0.4, 0.5) is 9.52 Å². The summed E-state index contributed by atoms with van der Waals surface area (Å²) in [5.74, 6) is 2.03. The molecule has 1 aromatic carbocycles. The Morgan fingerprint density at radius 3 is 2.58 bits per heavy atom. The molecule has 162 valence electrons. The highest BCUT2D eigenvalue weighted by Gasteiger charge is 2.55. The van der Waals surface area contributed by atoms with Crippen molar-refractivity contribution in [2.45, 2.75) is 51.5 Å². The molecule has 4 fully saturated rings. The molecule has 0 aliphatic heterocycles. The van der Waals surface area contributed by atoms with Crippen LogP contribution < -0.4 is 4.90 Å². The second-order valence-electron chi connectivity index (χ2n) is 9.89. The number of carbonyl (C=O) groups excluding carboxylic acids is 1. The summed E-state index contributed by atoms with van der Waals surface area (Å²) < 4.78 is 17.2. The van der Waals surface area contributed by atoms with Crippen LogP contribution in [-0.4, -0.2) is 27.0 Å². The summed E-state index contributed by atoms with van der Waals surface area (Å²) in [6, 6.07) is 5.04. The van der Waals surface area contributed by atoms with E-state index in [0.717, 1.165) is 36.9 Å². The second-order valence-corrected chi connectivity index (χ2v) is 10.9. The van der Waals surface area contributed by atoms with Crippen LogP contribution >= 0.6 is 11.3 Å². The number of thiazole rings is 1. The van der Waals surface area contributed by atoms with Crippen LogP contribution in [0.25, 0.3) is 10.2 Å². The predicted molar refractivity (Wildman–Crippen MR) is 119 cm³/mol. The lowest BCUT2D eigenvalue weighted by molar-refractivity contribution is -0.143. The molecule has 0 N–H and O–H groups in total. The van der Waals surface area contributed by atoms with Crippen molar-refractivity contribution in [3.63, 3.8) is 0 Å². The number of hydrogen-bond acceptors (Lipinski definition) is 4. The minimum absolute atomic E-state index is 0.233. The number of anilines is 1. The lowest BCUT2D eigenvalue weighted by Crippen LogP contribution is -2.55. The lowest BCUT2D eigenvalue weighted by Gasteiger charge is -2.56. The fourth-order valence-corrected chi connectivity index (χ4v) is 7.80. The van der Waals surface area contributed by atoms with Gasteiger partial charge in [0, 0.05) is 25.5 Å². The lowest BCUT2D eigenvalue weighted by atomic mass is 9.49. The van der Waals surface area contributed by atoms with Gasteiger partial charge in [-0.1, -0.05) is 17.4 Å². The molecule has 4 saturated carbocycles. The number of carbonyl (C=O) groups is 1. The normalized spacial score (nSPS) is 29.0. The fourth-order valence-electron chi connectivity index (χ4n) is 6.79. The van der Waals surface area contributed by atoms with Crippen molar-refractivity contribution in [1.82, 2.24) is 14.5 Å². The van der Waals surface area contributed by atoms with Gasteiger partial charge in [-0.3, -0.25) is 9.69 Å². The Morgan fingerprint density at radius 2 is 1.94 bits per heavy atom. The third-order valence-corrected chi connectivity index (χ3v) is 8.73. The van der Waals surface area contributed by atoms with Crippen molar-refractivity contribution < 1.29 is 9.18 Å². The molecule has 0 atom stereocenters. The molecule has 0 saturated heterocycles. The standard InChI is InChI=1S/C24H27FN4OS/c25-19-3-1-4-20-21(19)27-23(31-20)29(7-2-6-28-8-5-26-15-28)22(30)24-12-16-9-17(13-24)11-18(10-16)14-24/h1,3-5,8,15-18H,2,6-7,9-14H2. The van der Waals surface area contributed by atoms with E-state index < -0.39 is 0 Å². The molecule has 0 spiro atoms. The van der Waals surface area contributed by atoms with E-state index in [-0.39, 0.29) is 17.1 Å². The highest BCUT2D eigenvalue weighted by molar-refractivity contribution is 7.22. The van der Waals surface area contributed by atoms with E-state index in [1.54, 1.807) is 18.6 Å². The van der Waals surface area contributed by atoms with Crippen molar-refractivity contribution in [3.05, 3.63) is 42.7 Å². The van der Waals surface area contributed by atoms with Crippen LogP contribution in [-0.2, 0) is 11.3 Å². The highest BCUT2D eigenvalue weighted by Crippen LogP contribution is 2.60. The van der Waals surface area contributed by atoms with Crippen molar-refractivity contribution in [2.24, 2.45) is 23.2 Å². The van der Waals surface area contributed by atoms with Crippen molar-refractivity contribution in [1.29, 1.82) is 0 Å². The summed E-state index contributed by atoms with van der Waals surface area (Å²) in [6.07, 6.45) is 13.3. The first kappa shape index (κ1) is 19.4. The number of nitrogens with zero attached hydrogens (tertiary/aromatic N) is 4. The number of benzene rings is 1. The summed E-state index contributed by atoms with van der Waals surface area (Å²) in [5.41, 5.74) is 0.139. The van der Waals surface area contributed by atoms with Gasteiger partial charge in [0.05, 0.1) is 16.4 Å². The maximum Gasteiger partial charge on any atom is 0.235 e. The summed E-state index contributed by atoms with van der Waals surface area (Å²) in [6.45, 7) is 1.39. The number of amides is 1. The summed E-state index contributed by atoms with van der Waals surface area (Å²) >= 11 is 1.43. The van der Waals surface area contributed by atoms with Crippen LogP contribution in [0.1, 0.15) is 44.9 Å². The number of rotatable bonds is 6. The Balaban J connectivity index is 1.32. The molecule has 7 heteroatoms. The van der Waals surface area contributed by atoms with Gasteiger partial charge in [0.2, 0.25) is 5.91 Å². The van der Waals surface area contributed by atoms with Crippen molar-refractivity contribution >= 4 is 32.6 Å². The maximum absolute atomic E-state index is 14.3. The molecular weight excluding hydrogens is 411 g/mol. The molecular formula is C24H27FN4OS. The molecule has 1 amide bonds. The van der Waals surface area contributed by atoms with E-state index in [1.165, 1.54) is 36.7 Å². The average molecular weight is 439 g/mol. The quantitative estimate of drug-likeness (QED) is 0.527. The van der Waals surface area contributed by atoms with E-state index in [9.17, 15) is 9.18 Å². The summed E-state index contributed by atoms with van der Waals surface area (Å²) in [5, 5.41) is 0.645. The fraction of sp³-hybridized carbons (Fsp3) is 0.542. The van der Waals surface area contributed by atoms with E-state index in [4.69, 9.17) is 0 Å². The van der Waals surface area contributed by atoms with Gasteiger partial charge in [-0.15, -0.1) is 0 Å². The SMILES string of the molecule is O=C(N(CCCn1ccnc1)c1nc2c(F)cccc2s1)C12CC3CC(CC(C3)C1)C2. The molecule has 0 radical (unpaired) electrons. The Labute approximate surface area is 185 Å². The van der Waals surface area contributed by atoms with Gasteiger partial charge in [0.15, 0.2) is 5.13 Å². The number of halogens is 1. The first-order valence-electron chi connectivity index (χ1n) is 11.4. The Hall–Kier alpha value is -2.28. The molecule has 5 nitrogen and oxygen atoms in total. The van der Waals surface area contributed by atoms with Crippen molar-refractivity contribution in [2.75, 3.05) is 11.4 Å². The molecule has 4 aliphatic rings. The van der Waals surface area contributed by atoms with Gasteiger partial charge in [-0.25, -0.2) is 14.4 Å². The smallest absolute Gasteiger partial charge is 0.235 e. The zero-order valence-corrected chi connectivity index (χ0v) is 18.4. The van der Waals surface area contributed by atoms with E-state index in [0.29, 0.717) is 34.9 Å². The van der Waals surface area contributed by atoms with Crippen LogP contribution in [0.15, 0.2) is 36.9 Å². The van der Waals surface area contributed by atoms with Crippen molar-refractivity contribution in [3.8, 4) is 0 Å². The third kappa shape index (κ3) is 3.37. The number of hydrogen-bond donors (Lipinski definition) is 0. The second kappa shape index (κ2) is 7.40. The van der Waals surface area contributed by atoms with Gasteiger partial charge in [0.25, 0.3) is 0 Å². The number of para-hydroxylation sites is 1. The molecule has 2 aromatic heterocycles. The number of imidazole rings is 1. The number of aromatic nitrogens is 3. The molecule has 3 aromatic rings. The van der Waals surface area contributed by atoms with Crippen LogP contribution in [0.3, 0.4) is 0 Å². The maximum atomic E-state index is 14.3. The van der Waals surface area contributed by atoms with E-state index >= 15 is 0 Å². The Kier molecular flexibility index (Phi) is 4.63. The number of aryl methyl sites for hydroxylation is 1. The van der Waals surface area contributed by atoms with Crippen LogP contribution in [0.5, 0.6) is 0 Å². The molecule has 7 rings (SSSR count). The van der Waals surface area contributed by atoms with Gasteiger partial charge in [0.1, 0.15) is 11.3 Å². The molecule has 0 unspecified atom stereocenters. The van der Waals surface area contributed by atoms with Gasteiger partial charge < -0.3 is 4.57 Å². The Bertz CT molecular complexity index is 1070. The van der Waals surface area contributed by atoms with E-state index in [2.05, 4.69) is 9.97 Å². The van der Waals surface area contributed by atoms with Crippen LogP contribution in [0, 0.1) is 29.0 Å². The molecule has 2 heterocycles. The van der Waals surface area contributed by atoms with E-state index in [1.807, 2.05) is 21.7 Å². The Morgan fingerprint density at radius 1 is 1.19 bits per heavy atom. The first-order chi connectivity index (χ1) is 15.1. The average Bonchev–Trinajstić information content (AvgIpc) is 3.40. The van der Waals surface area contributed by atoms with Gasteiger partial charge in [-0.2, -0.15) is 0 Å². The highest BCUT2D eigenvalue weighted by atomic mass is 32.1. The first-order valence-corrected chi connectivity index (χ1v) is 12.2. The minimum Gasteiger partial charge on any atom is -0.337 e. The van der Waals surface area contributed by atoms with Crippen LogP contribution in [0.2, 0.25) is 0 Å². The largest absolute Gasteiger partial charge is 0.337 e. The molecule has 31 heavy (non-hydrogen) atoms. The summed E-state index contributed by atoms with van der Waals surface area (Å²) in [7, 11) is 0. The predicted octanol–water partition coefficient (Wildman–Crippen LogP) is 5.27. The zero-order valence-electron chi connectivity index (χ0n) is 17.5. The molecule has 4 aliphatic carbocycles. The van der Waals surface area contributed by atoms with Gasteiger partial charge in [-0.05, 0) is 74.8 Å². The monoisotopic (exact) mass is 438 g/mol. The van der Waals surface area contributed by atoms with Gasteiger partial charge >= 0.3 is 0 Å². The third-order valence-electron chi connectivity index (χ3n) is 7.68. The summed E-state index contributed by atoms with van der Waals surface area (Å²) in [4.78, 5) is 24.7.